The van der Waals surface area contributed by atoms with Crippen LogP contribution in [0.4, 0.5) is 0 Å². The van der Waals surface area contributed by atoms with E-state index in [0.29, 0.717) is 0 Å². The van der Waals surface area contributed by atoms with Crippen LogP contribution < -0.4 is 11.3 Å². The molecule has 80 valence electrons. The minimum Gasteiger partial charge on any atom is -0.271 e. The van der Waals surface area contributed by atoms with Crippen LogP contribution in [0.25, 0.3) is 0 Å². The molecule has 0 aromatic carbocycles. The highest BCUT2D eigenvalue weighted by Crippen LogP contribution is 2.29. The predicted molar refractivity (Wildman–Crippen MR) is 70.1 cm³/mol. The molecule has 1 unspecified atom stereocenters. The Morgan fingerprint density at radius 1 is 1.40 bits per heavy atom. The molecule has 0 radical (unpaired) electrons. The Bertz CT molecular complexity index is 411. The first-order valence-corrected chi connectivity index (χ1v) is 7.02. The van der Waals surface area contributed by atoms with Crippen molar-refractivity contribution in [2.45, 2.75) is 12.5 Å². The fourth-order valence-electron chi connectivity index (χ4n) is 1.39. The Kier molecular flexibility index (Phi) is 3.93. The Labute approximate surface area is 105 Å². The van der Waals surface area contributed by atoms with Crippen molar-refractivity contribution in [3.63, 3.8) is 0 Å². The summed E-state index contributed by atoms with van der Waals surface area (Å²) in [6.45, 7) is 0. The van der Waals surface area contributed by atoms with Crippen molar-refractivity contribution >= 4 is 38.6 Å². The minimum atomic E-state index is 0.208. The Balaban J connectivity index is 2.11. The monoisotopic (exact) mass is 302 g/mol. The molecule has 2 nitrogen and oxygen atoms in total. The van der Waals surface area contributed by atoms with Gasteiger partial charge in [0.1, 0.15) is 0 Å². The van der Waals surface area contributed by atoms with Crippen LogP contribution in [0, 0.1) is 0 Å². The molecule has 2 aromatic heterocycles. The number of rotatable bonds is 4. The largest absolute Gasteiger partial charge is 0.271 e. The molecule has 2 heterocycles. The Morgan fingerprint density at radius 3 is 2.80 bits per heavy atom. The van der Waals surface area contributed by atoms with Crippen LogP contribution in [0.15, 0.2) is 33.4 Å². The fraction of sp³-hybridized carbons (Fsp3) is 0.200. The number of halogens is 1. The van der Waals surface area contributed by atoms with Gasteiger partial charge in [-0.2, -0.15) is 0 Å². The van der Waals surface area contributed by atoms with Crippen molar-refractivity contribution in [3.05, 3.63) is 43.2 Å². The van der Waals surface area contributed by atoms with Gasteiger partial charge in [0.2, 0.25) is 0 Å². The maximum atomic E-state index is 5.58. The lowest BCUT2D eigenvalue weighted by molar-refractivity contribution is 0.564. The third-order valence-corrected chi connectivity index (χ3v) is 4.76. The van der Waals surface area contributed by atoms with Gasteiger partial charge >= 0.3 is 0 Å². The van der Waals surface area contributed by atoms with Gasteiger partial charge in [0.15, 0.2) is 0 Å². The van der Waals surface area contributed by atoms with Crippen LogP contribution in [0.5, 0.6) is 0 Å². The highest BCUT2D eigenvalue weighted by Gasteiger charge is 2.13. The van der Waals surface area contributed by atoms with Crippen molar-refractivity contribution in [2.24, 2.45) is 5.84 Å². The summed E-state index contributed by atoms with van der Waals surface area (Å²) in [6.07, 6.45) is 0.946. The summed E-state index contributed by atoms with van der Waals surface area (Å²) in [4.78, 5) is 2.61. The molecule has 0 bridgehead atoms. The van der Waals surface area contributed by atoms with Gasteiger partial charge in [-0.1, -0.05) is 6.07 Å². The molecule has 3 N–H and O–H groups in total. The molecule has 5 heteroatoms. The maximum Gasteiger partial charge on any atom is 0.0702 e. The second-order valence-corrected chi connectivity index (χ2v) is 6.67. The Hall–Kier alpha value is -0.200. The fourth-order valence-corrected chi connectivity index (χ4v) is 3.62. The maximum absolute atomic E-state index is 5.58. The van der Waals surface area contributed by atoms with E-state index in [4.69, 9.17) is 5.84 Å². The van der Waals surface area contributed by atoms with Crippen LogP contribution in [0.3, 0.4) is 0 Å². The molecule has 0 saturated carbocycles. The normalized spacial score (nSPS) is 12.9. The second-order valence-electron chi connectivity index (χ2n) is 3.14. The second kappa shape index (κ2) is 5.23. The number of thiophene rings is 2. The van der Waals surface area contributed by atoms with E-state index in [0.717, 1.165) is 10.2 Å². The molecule has 0 fully saturated rings. The zero-order valence-electron chi connectivity index (χ0n) is 7.94. The summed E-state index contributed by atoms with van der Waals surface area (Å²) in [7, 11) is 0. The van der Waals surface area contributed by atoms with Gasteiger partial charge < -0.3 is 0 Å². The molecule has 15 heavy (non-hydrogen) atoms. The standard InChI is InChI=1S/C10H11BrN2S2/c11-10-4-3-9(15-10)8(13-12)6-7-2-1-5-14-7/h1-5,8,13H,6,12H2. The van der Waals surface area contributed by atoms with Crippen molar-refractivity contribution < 1.29 is 0 Å². The van der Waals surface area contributed by atoms with Crippen molar-refractivity contribution in [1.29, 1.82) is 0 Å². The zero-order valence-corrected chi connectivity index (χ0v) is 11.2. The van der Waals surface area contributed by atoms with Gasteiger partial charge in [-0.3, -0.25) is 11.3 Å². The van der Waals surface area contributed by atoms with Crippen LogP contribution in [-0.2, 0) is 6.42 Å². The molecule has 2 aromatic rings. The first-order chi connectivity index (χ1) is 7.29. The van der Waals surface area contributed by atoms with Gasteiger partial charge in [0, 0.05) is 16.2 Å². The van der Waals surface area contributed by atoms with E-state index < -0.39 is 0 Å². The van der Waals surface area contributed by atoms with Crippen molar-refractivity contribution in [2.75, 3.05) is 0 Å². The van der Waals surface area contributed by atoms with E-state index in [9.17, 15) is 0 Å². The minimum absolute atomic E-state index is 0.208. The highest BCUT2D eigenvalue weighted by molar-refractivity contribution is 9.11. The SMILES string of the molecule is NNC(Cc1cccs1)c1ccc(Br)s1. The molecule has 0 aliphatic heterocycles. The summed E-state index contributed by atoms with van der Waals surface area (Å²) in [5.74, 6) is 5.58. The summed E-state index contributed by atoms with van der Waals surface area (Å²) in [5, 5.41) is 2.09. The molecule has 0 saturated heterocycles. The molecular formula is C10H11BrN2S2. The number of hydrogen-bond acceptors (Lipinski definition) is 4. The van der Waals surface area contributed by atoms with Crippen molar-refractivity contribution in [1.82, 2.24) is 5.43 Å². The quantitative estimate of drug-likeness (QED) is 0.672. The van der Waals surface area contributed by atoms with Crippen LogP contribution in [0.1, 0.15) is 15.8 Å². The summed E-state index contributed by atoms with van der Waals surface area (Å²) >= 11 is 6.95. The van der Waals surface area contributed by atoms with Gasteiger partial charge in [-0.05, 0) is 39.5 Å². The van der Waals surface area contributed by atoms with Gasteiger partial charge in [-0.15, -0.1) is 22.7 Å². The molecule has 0 amide bonds. The van der Waals surface area contributed by atoms with Crippen LogP contribution in [0.2, 0.25) is 0 Å². The lowest BCUT2D eigenvalue weighted by Crippen LogP contribution is -2.28. The summed E-state index contributed by atoms with van der Waals surface area (Å²) < 4.78 is 1.14. The smallest absolute Gasteiger partial charge is 0.0702 e. The van der Waals surface area contributed by atoms with Crippen molar-refractivity contribution in [3.8, 4) is 0 Å². The average molecular weight is 303 g/mol. The van der Waals surface area contributed by atoms with Crippen LogP contribution >= 0.6 is 38.6 Å². The zero-order chi connectivity index (χ0) is 10.7. The van der Waals surface area contributed by atoms with Crippen LogP contribution in [-0.4, -0.2) is 0 Å². The summed E-state index contributed by atoms with van der Waals surface area (Å²) in [5.41, 5.74) is 2.87. The predicted octanol–water partition coefficient (Wildman–Crippen LogP) is 3.32. The van der Waals surface area contributed by atoms with Gasteiger partial charge in [0.25, 0.3) is 0 Å². The third-order valence-electron chi connectivity index (χ3n) is 2.12. The number of nitrogens with one attached hydrogen (secondary N) is 1. The van der Waals surface area contributed by atoms with E-state index in [1.165, 1.54) is 9.75 Å². The molecular weight excluding hydrogens is 292 g/mol. The van der Waals surface area contributed by atoms with Gasteiger partial charge in [0.05, 0.1) is 9.83 Å². The first kappa shape index (κ1) is 11.3. The molecule has 0 aliphatic carbocycles. The molecule has 1 atom stereocenters. The highest BCUT2D eigenvalue weighted by atomic mass is 79.9. The lowest BCUT2D eigenvalue weighted by Gasteiger charge is -2.12. The average Bonchev–Trinajstić information content (AvgIpc) is 2.85. The van der Waals surface area contributed by atoms with E-state index in [2.05, 4.69) is 51.0 Å². The molecule has 0 aliphatic rings. The van der Waals surface area contributed by atoms with E-state index >= 15 is 0 Å². The van der Waals surface area contributed by atoms with Gasteiger partial charge in [-0.25, -0.2) is 0 Å². The van der Waals surface area contributed by atoms with E-state index in [-0.39, 0.29) is 6.04 Å². The molecule has 0 spiro atoms. The number of hydrazine groups is 1. The van der Waals surface area contributed by atoms with E-state index in [1.54, 1.807) is 22.7 Å². The number of nitrogens with two attached hydrogens (primary N) is 1. The lowest BCUT2D eigenvalue weighted by atomic mass is 10.1. The Morgan fingerprint density at radius 2 is 2.27 bits per heavy atom. The third kappa shape index (κ3) is 2.89. The first-order valence-electron chi connectivity index (χ1n) is 4.53. The topological polar surface area (TPSA) is 38.0 Å². The van der Waals surface area contributed by atoms with E-state index in [1.807, 2.05) is 0 Å². The number of hydrogen-bond donors (Lipinski definition) is 2. The summed E-state index contributed by atoms with van der Waals surface area (Å²) in [6, 6.07) is 8.57. The molecule has 2 rings (SSSR count).